The van der Waals surface area contributed by atoms with E-state index in [9.17, 15) is 9.59 Å². The van der Waals surface area contributed by atoms with E-state index in [1.165, 1.54) is 61.2 Å². The highest BCUT2D eigenvalue weighted by Gasteiger charge is 2.21. The smallest absolute Gasteiger partial charge is 0.253 e. The molecule has 0 atom stereocenters. The molecule has 0 unspecified atom stereocenters. The predicted molar refractivity (Wildman–Crippen MR) is 255 cm³/mol. The van der Waals surface area contributed by atoms with E-state index in [1.807, 2.05) is 61.8 Å². The van der Waals surface area contributed by atoms with E-state index in [-0.39, 0.29) is 11.8 Å². The van der Waals surface area contributed by atoms with E-state index >= 15 is 0 Å². The molecule has 0 bridgehead atoms. The van der Waals surface area contributed by atoms with Crippen LogP contribution in [0.4, 0.5) is 0 Å². The van der Waals surface area contributed by atoms with Crippen LogP contribution in [0, 0.1) is 13.8 Å². The number of benzene rings is 5. The molecule has 6 heteroatoms. The predicted octanol–water partition coefficient (Wildman–Crippen LogP) is 11.2. The Hall–Kier alpha value is -5.56. The summed E-state index contributed by atoms with van der Waals surface area (Å²) in [5, 5.41) is 3.45. The van der Waals surface area contributed by atoms with Crippen molar-refractivity contribution in [2.75, 3.05) is 52.4 Å². The van der Waals surface area contributed by atoms with E-state index < -0.39 is 0 Å². The van der Waals surface area contributed by atoms with Gasteiger partial charge in [-0.3, -0.25) is 14.5 Å². The molecular formula is C55H66N4O2. The van der Waals surface area contributed by atoms with E-state index in [1.54, 1.807) is 0 Å². The zero-order valence-electron chi connectivity index (χ0n) is 37.5. The van der Waals surface area contributed by atoms with Crippen LogP contribution in [0.1, 0.15) is 113 Å². The summed E-state index contributed by atoms with van der Waals surface area (Å²) in [7, 11) is 0. The Morgan fingerprint density at radius 2 is 0.902 bits per heavy atom. The number of rotatable bonds is 12. The summed E-state index contributed by atoms with van der Waals surface area (Å²) < 4.78 is 0. The molecule has 5 aromatic carbocycles. The zero-order chi connectivity index (χ0) is 43.1. The van der Waals surface area contributed by atoms with E-state index in [2.05, 4.69) is 127 Å². The van der Waals surface area contributed by atoms with Crippen LogP contribution in [-0.4, -0.2) is 78.9 Å². The Kier molecular flexibility index (Phi) is 16.5. The second-order valence-electron chi connectivity index (χ2n) is 16.3. The van der Waals surface area contributed by atoms with Crippen LogP contribution in [0.25, 0.3) is 11.1 Å². The topological polar surface area (TPSA) is 55.9 Å². The van der Waals surface area contributed by atoms with Gasteiger partial charge in [0.2, 0.25) is 0 Å². The van der Waals surface area contributed by atoms with Crippen molar-refractivity contribution < 1.29 is 9.59 Å². The molecule has 2 amide bonds. The molecule has 2 aliphatic heterocycles. The summed E-state index contributed by atoms with van der Waals surface area (Å²) in [5.74, 6) is 0.216. The Balaban J connectivity index is 0.000000210. The average Bonchev–Trinajstić information content (AvgIpc) is 3.29. The molecule has 0 spiro atoms. The number of hydrogen-bond donors (Lipinski definition) is 1. The first-order valence-electron chi connectivity index (χ1n) is 22.6. The van der Waals surface area contributed by atoms with Crippen LogP contribution in [0.2, 0.25) is 0 Å². The first kappa shape index (κ1) is 45.0. The van der Waals surface area contributed by atoms with Gasteiger partial charge >= 0.3 is 0 Å². The fraction of sp³-hybridized carbons (Fsp3) is 0.345. The fourth-order valence-electron chi connectivity index (χ4n) is 8.75. The molecule has 0 radical (unpaired) electrons. The highest BCUT2D eigenvalue weighted by molar-refractivity contribution is 5.96. The summed E-state index contributed by atoms with van der Waals surface area (Å²) in [4.78, 5) is 31.7. The number of nitrogens with one attached hydrogen (secondary N) is 1. The molecule has 2 aliphatic rings. The van der Waals surface area contributed by atoms with Crippen LogP contribution in [-0.2, 0) is 6.54 Å². The van der Waals surface area contributed by atoms with Gasteiger partial charge in [-0.2, -0.15) is 0 Å². The number of hydrogen-bond acceptors (Lipinski definition) is 4. The molecule has 0 saturated carbocycles. The van der Waals surface area contributed by atoms with E-state index in [4.69, 9.17) is 0 Å². The first-order chi connectivity index (χ1) is 29.7. The van der Waals surface area contributed by atoms with Crippen LogP contribution < -0.4 is 5.32 Å². The molecule has 2 fully saturated rings. The molecule has 0 aromatic heterocycles. The third-order valence-corrected chi connectivity index (χ3v) is 12.2. The largest absolute Gasteiger partial charge is 0.339 e. The quantitative estimate of drug-likeness (QED) is 0.136. The minimum absolute atomic E-state index is 0.107. The summed E-state index contributed by atoms with van der Waals surface area (Å²) in [6, 6.07) is 44.7. The van der Waals surface area contributed by atoms with Gasteiger partial charge in [-0.05, 0) is 144 Å². The van der Waals surface area contributed by atoms with Gasteiger partial charge in [0, 0.05) is 56.9 Å². The summed E-state index contributed by atoms with van der Waals surface area (Å²) in [6.45, 7) is 20.5. The number of amides is 2. The number of carbonyl (C=O) groups is 2. The minimum atomic E-state index is 0.107. The SMILES string of the molecule is CCN(CC)C(=O)c1ccc(C(=C2CCN(Cc3ccccc3)CC2)c2cccc(C)c2)cc1.CCN(CC)C(=O)c1ccc(C(=C2CCNCC2)c2cccc(C)c2)cc1. The van der Waals surface area contributed by atoms with Crippen molar-refractivity contribution in [3.8, 4) is 0 Å². The van der Waals surface area contributed by atoms with E-state index in [0.717, 1.165) is 95.7 Å². The molecule has 5 aromatic rings. The van der Waals surface area contributed by atoms with Gasteiger partial charge in [0.1, 0.15) is 0 Å². The second-order valence-corrected chi connectivity index (χ2v) is 16.3. The summed E-state index contributed by atoms with van der Waals surface area (Å²) >= 11 is 0. The zero-order valence-corrected chi connectivity index (χ0v) is 37.5. The van der Waals surface area contributed by atoms with Gasteiger partial charge in [-0.15, -0.1) is 0 Å². The standard InChI is InChI=1S/C31H36N2O.C24H30N2O/c1-4-33(5-2)31(34)28-16-14-26(15-17-28)30(29-13-9-10-24(3)22-29)27-18-20-32(21-19-27)23-25-11-7-6-8-12-25;1-4-26(5-2)24(27)21-11-9-19(10-12-21)23(20-13-15-25-16-14-20)22-8-6-7-18(3)17-22/h6-17,22H,4-5,18-21,23H2,1-3H3;6-12,17,25H,4-5,13-16H2,1-3H3. The molecule has 2 saturated heterocycles. The molecule has 61 heavy (non-hydrogen) atoms. The average molecular weight is 815 g/mol. The normalized spacial score (nSPS) is 14.1. The van der Waals surface area contributed by atoms with Crippen molar-refractivity contribution in [1.82, 2.24) is 20.0 Å². The number of nitrogens with zero attached hydrogens (tertiary/aromatic N) is 3. The Bertz CT molecular complexity index is 2250. The maximum absolute atomic E-state index is 12.8. The third-order valence-electron chi connectivity index (χ3n) is 12.2. The third kappa shape index (κ3) is 11.8. The van der Waals surface area contributed by atoms with Crippen molar-refractivity contribution in [1.29, 1.82) is 0 Å². The molecule has 0 aliphatic carbocycles. The van der Waals surface area contributed by atoms with Crippen molar-refractivity contribution >= 4 is 23.0 Å². The molecule has 318 valence electrons. The Morgan fingerprint density at radius 1 is 0.492 bits per heavy atom. The monoisotopic (exact) mass is 815 g/mol. The molecule has 6 nitrogen and oxygen atoms in total. The van der Waals surface area contributed by atoms with Gasteiger partial charge in [-0.1, -0.05) is 125 Å². The molecular weight excluding hydrogens is 749 g/mol. The lowest BCUT2D eigenvalue weighted by molar-refractivity contribution is 0.0765. The van der Waals surface area contributed by atoms with Crippen LogP contribution in [0.15, 0.2) is 139 Å². The summed E-state index contributed by atoms with van der Waals surface area (Å²) in [6.07, 6.45) is 4.28. The number of piperidine rings is 2. The van der Waals surface area contributed by atoms with Gasteiger partial charge in [0.05, 0.1) is 0 Å². The number of aryl methyl sites for hydroxylation is 2. The van der Waals surface area contributed by atoms with Gasteiger partial charge in [0.25, 0.3) is 11.8 Å². The van der Waals surface area contributed by atoms with Crippen molar-refractivity contribution in [2.24, 2.45) is 0 Å². The van der Waals surface area contributed by atoms with Gasteiger partial charge in [-0.25, -0.2) is 0 Å². The van der Waals surface area contributed by atoms with Crippen LogP contribution in [0.3, 0.4) is 0 Å². The lowest BCUT2D eigenvalue weighted by atomic mass is 9.87. The lowest BCUT2D eigenvalue weighted by Gasteiger charge is -2.30. The van der Waals surface area contributed by atoms with Gasteiger partial charge < -0.3 is 15.1 Å². The number of carbonyl (C=O) groups excluding carboxylic acids is 2. The maximum Gasteiger partial charge on any atom is 0.253 e. The summed E-state index contributed by atoms with van der Waals surface area (Å²) in [5.41, 5.74) is 16.1. The fourth-order valence-corrected chi connectivity index (χ4v) is 8.75. The minimum Gasteiger partial charge on any atom is -0.339 e. The molecule has 7 rings (SSSR count). The molecule has 1 N–H and O–H groups in total. The van der Waals surface area contributed by atoms with Crippen molar-refractivity contribution in [3.05, 3.63) is 189 Å². The number of likely N-dealkylation sites (tertiary alicyclic amines) is 1. The molecule has 2 heterocycles. The lowest BCUT2D eigenvalue weighted by Crippen LogP contribution is -2.30. The highest BCUT2D eigenvalue weighted by atomic mass is 16.2. The highest BCUT2D eigenvalue weighted by Crippen LogP contribution is 2.34. The van der Waals surface area contributed by atoms with Crippen molar-refractivity contribution in [3.63, 3.8) is 0 Å². The second kappa shape index (κ2) is 22.3. The van der Waals surface area contributed by atoms with Gasteiger partial charge in [0.15, 0.2) is 0 Å². The van der Waals surface area contributed by atoms with Crippen LogP contribution >= 0.6 is 0 Å². The Morgan fingerprint density at radius 3 is 1.31 bits per heavy atom. The first-order valence-corrected chi connectivity index (χ1v) is 22.6. The van der Waals surface area contributed by atoms with E-state index in [0.29, 0.717) is 0 Å². The Labute approximate surface area is 366 Å². The van der Waals surface area contributed by atoms with Crippen molar-refractivity contribution in [2.45, 2.75) is 73.8 Å². The maximum atomic E-state index is 12.8. The van der Waals surface area contributed by atoms with Crippen LogP contribution in [0.5, 0.6) is 0 Å².